The first-order chi connectivity index (χ1) is 9.61. The molecular weight excluding hydrogens is 289 g/mol. The normalized spacial score (nSPS) is 23.0. The van der Waals surface area contributed by atoms with Crippen molar-refractivity contribution in [1.82, 2.24) is 15.2 Å². The summed E-state index contributed by atoms with van der Waals surface area (Å²) in [4.78, 5) is 6.79. The number of aromatic nitrogens is 1. The summed E-state index contributed by atoms with van der Waals surface area (Å²) in [6.45, 7) is 7.08. The second kappa shape index (κ2) is 6.69. The molecule has 1 aliphatic rings. The molecule has 0 spiro atoms. The van der Waals surface area contributed by atoms with E-state index in [1.165, 1.54) is 0 Å². The van der Waals surface area contributed by atoms with Gasteiger partial charge in [-0.15, -0.1) is 12.4 Å². The minimum Gasteiger partial charge on any atom is -0.309 e. The third-order valence-electron chi connectivity index (χ3n) is 3.78. The molecule has 2 unspecified atom stereocenters. The number of halogens is 2. The third kappa shape index (κ3) is 3.70. The minimum absolute atomic E-state index is 0. The van der Waals surface area contributed by atoms with Crippen LogP contribution in [0.1, 0.15) is 19.4 Å². The average Bonchev–Trinajstić information content (AvgIpc) is 2.37. The van der Waals surface area contributed by atoms with E-state index in [1.54, 1.807) is 18.3 Å². The van der Waals surface area contributed by atoms with E-state index in [0.29, 0.717) is 12.1 Å². The number of nitrogens with zero attached hydrogens (tertiary/aromatic N) is 2. The van der Waals surface area contributed by atoms with Gasteiger partial charge < -0.3 is 5.32 Å². The second-order valence-corrected chi connectivity index (χ2v) is 5.80. The number of rotatable bonds is 2. The lowest BCUT2D eigenvalue weighted by Crippen LogP contribution is -2.53. The first-order valence-electron chi connectivity index (χ1n) is 7.13. The van der Waals surface area contributed by atoms with E-state index in [2.05, 4.69) is 29.0 Å². The van der Waals surface area contributed by atoms with Gasteiger partial charge in [-0.2, -0.15) is 0 Å². The van der Waals surface area contributed by atoms with Crippen LogP contribution in [0.4, 0.5) is 4.39 Å². The molecule has 3 rings (SSSR count). The molecule has 0 amide bonds. The van der Waals surface area contributed by atoms with E-state index in [1.807, 2.05) is 12.1 Å². The molecule has 1 fully saturated rings. The van der Waals surface area contributed by atoms with Crippen LogP contribution in [-0.4, -0.2) is 35.1 Å². The van der Waals surface area contributed by atoms with Gasteiger partial charge in [0.1, 0.15) is 5.82 Å². The van der Waals surface area contributed by atoms with E-state index in [4.69, 9.17) is 0 Å². The predicted octanol–water partition coefficient (Wildman–Crippen LogP) is 2.98. The maximum absolute atomic E-state index is 13.7. The lowest BCUT2D eigenvalue weighted by molar-refractivity contribution is 0.167. The Kier molecular flexibility index (Phi) is 5.14. The summed E-state index contributed by atoms with van der Waals surface area (Å²) in [7, 11) is 0. The summed E-state index contributed by atoms with van der Waals surface area (Å²) >= 11 is 0. The highest BCUT2D eigenvalue weighted by Crippen LogP contribution is 2.20. The fourth-order valence-corrected chi connectivity index (χ4v) is 3.16. The van der Waals surface area contributed by atoms with Crippen molar-refractivity contribution in [2.75, 3.05) is 13.1 Å². The minimum atomic E-state index is -0.184. The van der Waals surface area contributed by atoms with Crippen LogP contribution in [0.25, 0.3) is 10.9 Å². The molecule has 1 aromatic carbocycles. The van der Waals surface area contributed by atoms with Crippen LogP contribution in [0.5, 0.6) is 0 Å². The first-order valence-corrected chi connectivity index (χ1v) is 7.13. The zero-order chi connectivity index (χ0) is 14.1. The zero-order valence-corrected chi connectivity index (χ0v) is 13.2. The van der Waals surface area contributed by atoms with Crippen LogP contribution in [0, 0.1) is 5.82 Å². The molecule has 0 saturated carbocycles. The quantitative estimate of drug-likeness (QED) is 0.924. The van der Waals surface area contributed by atoms with Gasteiger partial charge in [0, 0.05) is 43.3 Å². The largest absolute Gasteiger partial charge is 0.309 e. The molecule has 2 atom stereocenters. The van der Waals surface area contributed by atoms with Gasteiger partial charge in [0.15, 0.2) is 0 Å². The Morgan fingerprint density at radius 2 is 2.00 bits per heavy atom. The average molecular weight is 310 g/mol. The Labute approximate surface area is 131 Å². The van der Waals surface area contributed by atoms with Crippen molar-refractivity contribution >= 4 is 23.3 Å². The number of fused-ring (bicyclic) bond motifs is 1. The summed E-state index contributed by atoms with van der Waals surface area (Å²) in [6, 6.07) is 7.86. The monoisotopic (exact) mass is 309 g/mol. The molecule has 0 bridgehead atoms. The first kappa shape index (κ1) is 16.1. The molecule has 1 saturated heterocycles. The van der Waals surface area contributed by atoms with Gasteiger partial charge in [-0.1, -0.05) is 6.07 Å². The molecule has 2 aromatic rings. The summed E-state index contributed by atoms with van der Waals surface area (Å²) < 4.78 is 13.7. The summed E-state index contributed by atoms with van der Waals surface area (Å²) in [5, 5.41) is 4.39. The van der Waals surface area contributed by atoms with Gasteiger partial charge in [-0.05, 0) is 37.6 Å². The topological polar surface area (TPSA) is 28.2 Å². The van der Waals surface area contributed by atoms with Crippen LogP contribution in [0.15, 0.2) is 30.5 Å². The highest BCUT2D eigenvalue weighted by molar-refractivity contribution is 5.85. The van der Waals surface area contributed by atoms with Crippen molar-refractivity contribution in [3.63, 3.8) is 0 Å². The van der Waals surface area contributed by atoms with Crippen molar-refractivity contribution in [3.8, 4) is 0 Å². The molecule has 2 heterocycles. The van der Waals surface area contributed by atoms with Gasteiger partial charge in [0.25, 0.3) is 0 Å². The highest BCUT2D eigenvalue weighted by atomic mass is 35.5. The van der Waals surface area contributed by atoms with Gasteiger partial charge in [0.05, 0.1) is 5.52 Å². The van der Waals surface area contributed by atoms with Crippen molar-refractivity contribution < 1.29 is 4.39 Å². The molecule has 1 aliphatic heterocycles. The lowest BCUT2D eigenvalue weighted by atomic mass is 10.1. The zero-order valence-electron chi connectivity index (χ0n) is 12.3. The maximum atomic E-state index is 13.7. The standard InChI is InChI=1S/C16H20FN3.ClH/c1-11-8-20(9-12(2)19-11)10-14-7-15(17)6-13-4-3-5-18-16(13)14;/h3-7,11-12,19H,8-10H2,1-2H3;1H. The molecule has 0 aliphatic carbocycles. The molecule has 5 heteroatoms. The molecule has 21 heavy (non-hydrogen) atoms. The van der Waals surface area contributed by atoms with Crippen molar-refractivity contribution in [1.29, 1.82) is 0 Å². The number of hydrogen-bond acceptors (Lipinski definition) is 3. The smallest absolute Gasteiger partial charge is 0.124 e. The van der Waals surface area contributed by atoms with Crippen molar-refractivity contribution in [3.05, 3.63) is 41.8 Å². The Morgan fingerprint density at radius 3 is 2.71 bits per heavy atom. The number of pyridine rings is 1. The van der Waals surface area contributed by atoms with E-state index in [0.717, 1.165) is 36.1 Å². The highest BCUT2D eigenvalue weighted by Gasteiger charge is 2.21. The molecule has 114 valence electrons. The fraction of sp³-hybridized carbons (Fsp3) is 0.438. The van der Waals surface area contributed by atoms with Crippen LogP contribution in [-0.2, 0) is 6.54 Å². The van der Waals surface area contributed by atoms with Gasteiger partial charge in [-0.25, -0.2) is 4.39 Å². The number of hydrogen-bond donors (Lipinski definition) is 1. The van der Waals surface area contributed by atoms with Crippen LogP contribution < -0.4 is 5.32 Å². The summed E-state index contributed by atoms with van der Waals surface area (Å²) in [6.07, 6.45) is 1.77. The number of benzene rings is 1. The molecular formula is C16H21ClFN3. The van der Waals surface area contributed by atoms with E-state index < -0.39 is 0 Å². The third-order valence-corrected chi connectivity index (χ3v) is 3.78. The molecule has 3 nitrogen and oxygen atoms in total. The van der Waals surface area contributed by atoms with Gasteiger partial charge in [0.2, 0.25) is 0 Å². The molecule has 0 radical (unpaired) electrons. The Hall–Kier alpha value is -1.23. The van der Waals surface area contributed by atoms with Crippen LogP contribution in [0.3, 0.4) is 0 Å². The van der Waals surface area contributed by atoms with E-state index >= 15 is 0 Å². The molecule has 1 aromatic heterocycles. The van der Waals surface area contributed by atoms with E-state index in [-0.39, 0.29) is 18.2 Å². The van der Waals surface area contributed by atoms with E-state index in [9.17, 15) is 4.39 Å². The number of nitrogens with one attached hydrogen (secondary N) is 1. The van der Waals surface area contributed by atoms with Gasteiger partial charge in [-0.3, -0.25) is 9.88 Å². The number of piperazine rings is 1. The summed E-state index contributed by atoms with van der Waals surface area (Å²) in [5.74, 6) is -0.184. The second-order valence-electron chi connectivity index (χ2n) is 5.80. The van der Waals surface area contributed by atoms with Crippen molar-refractivity contribution in [2.45, 2.75) is 32.5 Å². The molecule has 1 N–H and O–H groups in total. The SMILES string of the molecule is CC1CN(Cc2cc(F)cc3cccnc23)CC(C)N1.Cl. The maximum Gasteiger partial charge on any atom is 0.124 e. The van der Waals surface area contributed by atoms with Gasteiger partial charge >= 0.3 is 0 Å². The predicted molar refractivity (Wildman–Crippen MR) is 86.3 cm³/mol. The van der Waals surface area contributed by atoms with Crippen molar-refractivity contribution in [2.24, 2.45) is 0 Å². The lowest BCUT2D eigenvalue weighted by Gasteiger charge is -2.36. The summed E-state index contributed by atoms with van der Waals surface area (Å²) in [5.41, 5.74) is 1.88. The Balaban J connectivity index is 0.00000161. The Bertz CT molecular complexity index is 609. The van der Waals surface area contributed by atoms with Crippen LogP contribution in [0.2, 0.25) is 0 Å². The van der Waals surface area contributed by atoms with Crippen LogP contribution >= 0.6 is 12.4 Å². The Morgan fingerprint density at radius 1 is 1.29 bits per heavy atom. The fourth-order valence-electron chi connectivity index (χ4n) is 3.16.